The Hall–Kier alpha value is -1.66. The Bertz CT molecular complexity index is 493. The van der Waals surface area contributed by atoms with Crippen molar-refractivity contribution in [3.05, 3.63) is 33.9 Å². The first-order chi connectivity index (χ1) is 9.52. The Kier molecular flexibility index (Phi) is 4.57. The molecule has 0 spiro atoms. The van der Waals surface area contributed by atoms with Gasteiger partial charge in [-0.3, -0.25) is 10.1 Å². The largest absolute Gasteiger partial charge is 0.391 e. The standard InChI is InChI=1S/C14H21N3O3/c1-15-7-3-4-13(9-15)16(2)12-5-6-14(17(19)20)11(8-12)10-18/h5-6,8,13,18H,3-4,7,9-10H2,1-2H3. The lowest BCUT2D eigenvalue weighted by atomic mass is 10.0. The van der Waals surface area contributed by atoms with Crippen molar-refractivity contribution >= 4 is 11.4 Å². The summed E-state index contributed by atoms with van der Waals surface area (Å²) in [6.07, 6.45) is 2.28. The van der Waals surface area contributed by atoms with Crippen LogP contribution in [0.5, 0.6) is 0 Å². The SMILES string of the molecule is CN1CCCC(N(C)c2ccc([N+](=O)[O-])c(CO)c2)C1. The molecule has 2 rings (SSSR count). The number of anilines is 1. The van der Waals surface area contributed by atoms with Crippen LogP contribution in [0.2, 0.25) is 0 Å². The van der Waals surface area contributed by atoms with Gasteiger partial charge < -0.3 is 14.9 Å². The van der Waals surface area contributed by atoms with Gasteiger partial charge in [0.15, 0.2) is 0 Å². The van der Waals surface area contributed by atoms with Crippen molar-refractivity contribution in [2.45, 2.75) is 25.5 Å². The average Bonchev–Trinajstić information content (AvgIpc) is 2.45. The van der Waals surface area contributed by atoms with Crippen LogP contribution in [0.4, 0.5) is 11.4 Å². The first-order valence-corrected chi connectivity index (χ1v) is 6.82. The van der Waals surface area contributed by atoms with E-state index in [9.17, 15) is 15.2 Å². The number of piperidine rings is 1. The van der Waals surface area contributed by atoms with E-state index >= 15 is 0 Å². The molecule has 1 fully saturated rings. The van der Waals surface area contributed by atoms with Crippen LogP contribution in [0.25, 0.3) is 0 Å². The van der Waals surface area contributed by atoms with E-state index < -0.39 is 4.92 Å². The van der Waals surface area contributed by atoms with Crippen LogP contribution in [-0.4, -0.2) is 48.2 Å². The van der Waals surface area contributed by atoms with Gasteiger partial charge in [-0.2, -0.15) is 0 Å². The van der Waals surface area contributed by atoms with E-state index in [0.29, 0.717) is 11.6 Å². The minimum Gasteiger partial charge on any atom is -0.391 e. The number of aliphatic hydroxyl groups excluding tert-OH is 1. The van der Waals surface area contributed by atoms with Crippen LogP contribution in [0, 0.1) is 10.1 Å². The maximum absolute atomic E-state index is 10.9. The number of nitrogens with zero attached hydrogens (tertiary/aromatic N) is 3. The van der Waals surface area contributed by atoms with Crippen molar-refractivity contribution in [3.63, 3.8) is 0 Å². The van der Waals surface area contributed by atoms with Crippen LogP contribution >= 0.6 is 0 Å². The topological polar surface area (TPSA) is 69.9 Å². The molecule has 1 saturated heterocycles. The zero-order valence-corrected chi connectivity index (χ0v) is 12.0. The number of benzene rings is 1. The molecule has 20 heavy (non-hydrogen) atoms. The Morgan fingerprint density at radius 2 is 2.30 bits per heavy atom. The quantitative estimate of drug-likeness (QED) is 0.670. The van der Waals surface area contributed by atoms with E-state index in [1.54, 1.807) is 12.1 Å². The number of hydrogen-bond donors (Lipinski definition) is 1. The Labute approximate surface area is 118 Å². The molecule has 1 aromatic carbocycles. The zero-order chi connectivity index (χ0) is 14.7. The maximum atomic E-state index is 10.9. The molecule has 1 aliphatic heterocycles. The molecule has 0 amide bonds. The van der Waals surface area contributed by atoms with Gasteiger partial charge >= 0.3 is 0 Å². The second-order valence-corrected chi connectivity index (χ2v) is 5.40. The zero-order valence-electron chi connectivity index (χ0n) is 12.0. The number of nitro groups is 1. The average molecular weight is 279 g/mol. The van der Waals surface area contributed by atoms with E-state index in [2.05, 4.69) is 16.8 Å². The predicted molar refractivity (Wildman–Crippen MR) is 77.9 cm³/mol. The number of hydrogen-bond acceptors (Lipinski definition) is 5. The van der Waals surface area contributed by atoms with Gasteiger partial charge in [0.1, 0.15) is 0 Å². The summed E-state index contributed by atoms with van der Waals surface area (Å²) < 4.78 is 0. The second-order valence-electron chi connectivity index (χ2n) is 5.40. The molecular formula is C14H21N3O3. The Balaban J connectivity index is 2.21. The predicted octanol–water partition coefficient (Wildman–Crippen LogP) is 1.62. The molecule has 0 aromatic heterocycles. The van der Waals surface area contributed by atoms with Gasteiger partial charge in [0.05, 0.1) is 17.1 Å². The minimum atomic E-state index is -0.455. The molecule has 1 N–H and O–H groups in total. The number of likely N-dealkylation sites (N-methyl/N-ethyl adjacent to an activating group) is 2. The van der Waals surface area contributed by atoms with Crippen LogP contribution in [0.1, 0.15) is 18.4 Å². The van der Waals surface area contributed by atoms with E-state index in [4.69, 9.17) is 0 Å². The van der Waals surface area contributed by atoms with E-state index in [-0.39, 0.29) is 12.3 Å². The van der Waals surface area contributed by atoms with Crippen molar-refractivity contribution in [3.8, 4) is 0 Å². The summed E-state index contributed by atoms with van der Waals surface area (Å²) >= 11 is 0. The number of rotatable bonds is 4. The van der Waals surface area contributed by atoms with Crippen LogP contribution in [-0.2, 0) is 6.61 Å². The highest BCUT2D eigenvalue weighted by Crippen LogP contribution is 2.27. The lowest BCUT2D eigenvalue weighted by molar-refractivity contribution is -0.385. The van der Waals surface area contributed by atoms with Gasteiger partial charge in [0, 0.05) is 31.4 Å². The summed E-state index contributed by atoms with van der Waals surface area (Å²) in [5, 5.41) is 20.2. The first-order valence-electron chi connectivity index (χ1n) is 6.82. The van der Waals surface area contributed by atoms with E-state index in [1.807, 2.05) is 7.05 Å². The lowest BCUT2D eigenvalue weighted by Gasteiger charge is -2.37. The molecule has 0 radical (unpaired) electrons. The molecule has 0 aliphatic carbocycles. The molecule has 1 aliphatic rings. The van der Waals surface area contributed by atoms with Crippen LogP contribution < -0.4 is 4.90 Å². The molecule has 1 atom stereocenters. The Morgan fingerprint density at radius 3 is 2.90 bits per heavy atom. The van der Waals surface area contributed by atoms with Gasteiger partial charge in [0.25, 0.3) is 5.69 Å². The maximum Gasteiger partial charge on any atom is 0.275 e. The molecule has 0 saturated carbocycles. The third-order valence-electron chi connectivity index (χ3n) is 3.98. The van der Waals surface area contributed by atoms with E-state index in [1.165, 1.54) is 6.07 Å². The van der Waals surface area contributed by atoms with Gasteiger partial charge in [-0.15, -0.1) is 0 Å². The second kappa shape index (κ2) is 6.19. The third-order valence-corrected chi connectivity index (χ3v) is 3.98. The van der Waals surface area contributed by atoms with Crippen LogP contribution in [0.15, 0.2) is 18.2 Å². The summed E-state index contributed by atoms with van der Waals surface area (Å²) in [5.41, 5.74) is 1.26. The first kappa shape index (κ1) is 14.7. The number of likely N-dealkylation sites (tertiary alicyclic amines) is 1. The number of nitro benzene ring substituents is 1. The number of aliphatic hydroxyl groups is 1. The molecule has 6 nitrogen and oxygen atoms in total. The van der Waals surface area contributed by atoms with Crippen molar-refractivity contribution in [2.75, 3.05) is 32.1 Å². The molecule has 6 heteroatoms. The summed E-state index contributed by atoms with van der Waals surface area (Å²) in [6, 6.07) is 5.35. The van der Waals surface area contributed by atoms with Crippen molar-refractivity contribution in [2.24, 2.45) is 0 Å². The fourth-order valence-corrected chi connectivity index (χ4v) is 2.76. The highest BCUT2D eigenvalue weighted by molar-refractivity contribution is 5.55. The highest BCUT2D eigenvalue weighted by atomic mass is 16.6. The molecular weight excluding hydrogens is 258 g/mol. The highest BCUT2D eigenvalue weighted by Gasteiger charge is 2.23. The van der Waals surface area contributed by atoms with Gasteiger partial charge in [-0.25, -0.2) is 0 Å². The molecule has 1 unspecified atom stereocenters. The molecule has 1 heterocycles. The van der Waals surface area contributed by atoms with Crippen molar-refractivity contribution in [1.29, 1.82) is 0 Å². The summed E-state index contributed by atoms with van der Waals surface area (Å²) in [7, 11) is 4.11. The van der Waals surface area contributed by atoms with E-state index in [0.717, 1.165) is 31.6 Å². The summed E-state index contributed by atoms with van der Waals surface area (Å²) in [4.78, 5) is 14.9. The van der Waals surface area contributed by atoms with Crippen LogP contribution in [0.3, 0.4) is 0 Å². The fraction of sp³-hybridized carbons (Fsp3) is 0.571. The Morgan fingerprint density at radius 1 is 1.55 bits per heavy atom. The molecule has 0 bridgehead atoms. The third kappa shape index (κ3) is 3.08. The minimum absolute atomic E-state index is 0.0228. The van der Waals surface area contributed by atoms with Gasteiger partial charge in [-0.05, 0) is 38.6 Å². The fourth-order valence-electron chi connectivity index (χ4n) is 2.76. The van der Waals surface area contributed by atoms with Crippen molar-refractivity contribution < 1.29 is 10.0 Å². The summed E-state index contributed by atoms with van der Waals surface area (Å²) in [5.74, 6) is 0. The lowest BCUT2D eigenvalue weighted by Crippen LogP contribution is -2.45. The smallest absolute Gasteiger partial charge is 0.275 e. The van der Waals surface area contributed by atoms with Gasteiger partial charge in [-0.1, -0.05) is 0 Å². The molecule has 1 aromatic rings. The monoisotopic (exact) mass is 279 g/mol. The summed E-state index contributed by atoms with van der Waals surface area (Å²) in [6.45, 7) is 1.79. The normalized spacial score (nSPS) is 19.9. The van der Waals surface area contributed by atoms with Gasteiger partial charge in [0.2, 0.25) is 0 Å². The van der Waals surface area contributed by atoms with Crippen molar-refractivity contribution in [1.82, 2.24) is 4.90 Å². The molecule has 110 valence electrons.